The Morgan fingerprint density at radius 2 is 2.10 bits per heavy atom. The molecule has 0 saturated heterocycles. The zero-order valence-corrected chi connectivity index (χ0v) is 17.3. The van der Waals surface area contributed by atoms with Crippen molar-refractivity contribution in [3.63, 3.8) is 0 Å². The number of hydrogen-bond acceptors (Lipinski definition) is 7. The highest BCUT2D eigenvalue weighted by Gasteiger charge is 2.17. The first-order valence-corrected chi connectivity index (χ1v) is 9.39. The summed E-state index contributed by atoms with van der Waals surface area (Å²) in [4.78, 5) is 22.8. The van der Waals surface area contributed by atoms with Crippen LogP contribution < -0.4 is 9.64 Å². The van der Waals surface area contributed by atoms with Crippen LogP contribution >= 0.6 is 0 Å². The number of rotatable bonds is 6. The number of hydrogen-bond donors (Lipinski definition) is 0. The van der Waals surface area contributed by atoms with Gasteiger partial charge in [0.25, 0.3) is 0 Å². The number of esters is 1. The number of fused-ring (bicyclic) bond motifs is 1. The molecule has 1 aromatic heterocycles. The molecule has 0 saturated carbocycles. The molecule has 0 radical (unpaired) electrons. The van der Waals surface area contributed by atoms with E-state index in [4.69, 9.17) is 9.47 Å². The second kappa shape index (κ2) is 9.05. The van der Waals surface area contributed by atoms with Crippen molar-refractivity contribution in [2.45, 2.75) is 6.92 Å². The summed E-state index contributed by atoms with van der Waals surface area (Å²) in [5.41, 5.74) is 3.50. The van der Waals surface area contributed by atoms with Gasteiger partial charge in [-0.2, -0.15) is 5.26 Å². The van der Waals surface area contributed by atoms with Gasteiger partial charge in [0.05, 0.1) is 25.3 Å². The molecule has 2 aromatic carbocycles. The summed E-state index contributed by atoms with van der Waals surface area (Å²) in [7, 11) is 5.27. The number of methoxy groups -OCH3 is 1. The van der Waals surface area contributed by atoms with E-state index in [9.17, 15) is 10.1 Å². The fourth-order valence-corrected chi connectivity index (χ4v) is 3.08. The van der Waals surface area contributed by atoms with Crippen molar-refractivity contribution in [3.05, 3.63) is 53.7 Å². The predicted molar refractivity (Wildman–Crippen MR) is 116 cm³/mol. The molecular formula is C23H22N4O3. The van der Waals surface area contributed by atoms with Gasteiger partial charge in [0.1, 0.15) is 5.52 Å². The molecule has 0 N–H and O–H groups in total. The van der Waals surface area contributed by atoms with Gasteiger partial charge in [0, 0.05) is 37.3 Å². The molecule has 30 heavy (non-hydrogen) atoms. The molecule has 7 heteroatoms. The van der Waals surface area contributed by atoms with Crippen LogP contribution in [0.2, 0.25) is 0 Å². The summed E-state index contributed by atoms with van der Waals surface area (Å²) in [6.45, 7) is 2.05. The average Bonchev–Trinajstić information content (AvgIpc) is 2.76. The van der Waals surface area contributed by atoms with Crippen LogP contribution in [-0.4, -0.2) is 43.7 Å². The van der Waals surface area contributed by atoms with Crippen LogP contribution in [0.15, 0.2) is 42.6 Å². The second-order valence-electron chi connectivity index (χ2n) is 6.65. The summed E-state index contributed by atoms with van der Waals surface area (Å²) in [6, 6.07) is 11.4. The Balaban J connectivity index is 2.31. The summed E-state index contributed by atoms with van der Waals surface area (Å²) in [5.74, 6) is 0.615. The molecule has 1 heterocycles. The SMILES string of the molecule is CCOC(=O)C=Cc1cc(-c2cccc(C#N)c2)c2cnc(N(C)C)nc2c1OC. The summed E-state index contributed by atoms with van der Waals surface area (Å²) < 4.78 is 10.6. The molecular weight excluding hydrogens is 380 g/mol. The smallest absolute Gasteiger partial charge is 0.330 e. The maximum Gasteiger partial charge on any atom is 0.330 e. The molecule has 7 nitrogen and oxygen atoms in total. The highest BCUT2D eigenvalue weighted by Crippen LogP contribution is 2.38. The maximum atomic E-state index is 11.8. The first kappa shape index (κ1) is 20.8. The summed E-state index contributed by atoms with van der Waals surface area (Å²) in [5, 5.41) is 10.1. The van der Waals surface area contributed by atoms with Gasteiger partial charge in [0.15, 0.2) is 5.75 Å². The molecule has 0 atom stereocenters. The second-order valence-corrected chi connectivity index (χ2v) is 6.65. The molecule has 0 aliphatic heterocycles. The van der Waals surface area contributed by atoms with Crippen molar-refractivity contribution in [1.82, 2.24) is 9.97 Å². The molecule has 3 rings (SSSR count). The summed E-state index contributed by atoms with van der Waals surface area (Å²) >= 11 is 0. The molecule has 3 aromatic rings. The van der Waals surface area contributed by atoms with Gasteiger partial charge >= 0.3 is 5.97 Å². The zero-order chi connectivity index (χ0) is 21.7. The normalized spacial score (nSPS) is 10.8. The van der Waals surface area contributed by atoms with Gasteiger partial charge < -0.3 is 14.4 Å². The third-order valence-corrected chi connectivity index (χ3v) is 4.44. The van der Waals surface area contributed by atoms with Gasteiger partial charge in [-0.3, -0.25) is 0 Å². The largest absolute Gasteiger partial charge is 0.494 e. The maximum absolute atomic E-state index is 11.8. The Morgan fingerprint density at radius 1 is 1.30 bits per heavy atom. The van der Waals surface area contributed by atoms with Gasteiger partial charge in [-0.15, -0.1) is 0 Å². The molecule has 0 aliphatic rings. The van der Waals surface area contributed by atoms with Gasteiger partial charge in [-0.05, 0) is 42.3 Å². The Labute approximate surface area is 175 Å². The number of carbonyl (C=O) groups is 1. The number of anilines is 1. The number of ether oxygens (including phenoxy) is 2. The number of benzene rings is 2. The number of nitrogens with zero attached hydrogens (tertiary/aromatic N) is 4. The monoisotopic (exact) mass is 402 g/mol. The Hall–Kier alpha value is -3.92. The Bertz CT molecular complexity index is 1160. The van der Waals surface area contributed by atoms with Gasteiger partial charge in [-0.1, -0.05) is 12.1 Å². The molecule has 0 spiro atoms. The topological polar surface area (TPSA) is 88.3 Å². The quantitative estimate of drug-likeness (QED) is 0.457. The van der Waals surface area contributed by atoms with Crippen LogP contribution in [-0.2, 0) is 9.53 Å². The third kappa shape index (κ3) is 4.23. The lowest BCUT2D eigenvalue weighted by molar-refractivity contribution is -0.137. The van der Waals surface area contributed by atoms with Gasteiger partial charge in [0.2, 0.25) is 5.95 Å². The lowest BCUT2D eigenvalue weighted by Crippen LogP contribution is -2.12. The van der Waals surface area contributed by atoms with Crippen molar-refractivity contribution in [1.29, 1.82) is 5.26 Å². The van der Waals surface area contributed by atoms with E-state index < -0.39 is 5.97 Å². The number of carbonyl (C=O) groups excluding carboxylic acids is 1. The van der Waals surface area contributed by atoms with Crippen molar-refractivity contribution in [2.24, 2.45) is 0 Å². The van der Waals surface area contributed by atoms with Crippen LogP contribution in [0.3, 0.4) is 0 Å². The van der Waals surface area contributed by atoms with Crippen molar-refractivity contribution in [3.8, 4) is 22.9 Å². The first-order valence-electron chi connectivity index (χ1n) is 9.39. The minimum absolute atomic E-state index is 0.295. The third-order valence-electron chi connectivity index (χ3n) is 4.44. The van der Waals surface area contributed by atoms with E-state index >= 15 is 0 Å². The van der Waals surface area contributed by atoms with Gasteiger partial charge in [-0.25, -0.2) is 14.8 Å². The molecule has 0 fully saturated rings. The van der Waals surface area contributed by atoms with E-state index in [1.54, 1.807) is 43.3 Å². The fraction of sp³-hybridized carbons (Fsp3) is 0.217. The van der Waals surface area contributed by atoms with Crippen molar-refractivity contribution >= 4 is 28.9 Å². The molecule has 0 amide bonds. The van der Waals surface area contributed by atoms with E-state index in [0.717, 1.165) is 16.5 Å². The number of nitriles is 1. The average molecular weight is 402 g/mol. The Kier molecular flexibility index (Phi) is 6.28. The van der Waals surface area contributed by atoms with Crippen LogP contribution in [0, 0.1) is 11.3 Å². The fourth-order valence-electron chi connectivity index (χ4n) is 3.08. The standard InChI is InChI=1S/C23H22N4O3/c1-5-30-20(28)10-9-17-12-18(16-8-6-7-15(11-16)13-24)19-14-25-23(27(2)3)26-21(19)22(17)29-4/h6-12,14H,5H2,1-4H3. The van der Waals surface area contributed by atoms with Crippen LogP contribution in [0.25, 0.3) is 28.1 Å². The van der Waals surface area contributed by atoms with E-state index in [1.807, 2.05) is 32.3 Å². The van der Waals surface area contributed by atoms with E-state index in [2.05, 4.69) is 16.0 Å². The van der Waals surface area contributed by atoms with E-state index in [1.165, 1.54) is 6.08 Å². The van der Waals surface area contributed by atoms with Crippen molar-refractivity contribution < 1.29 is 14.3 Å². The first-order chi connectivity index (χ1) is 14.5. The van der Waals surface area contributed by atoms with Crippen LogP contribution in [0.1, 0.15) is 18.1 Å². The molecule has 0 bridgehead atoms. The summed E-state index contributed by atoms with van der Waals surface area (Å²) in [6.07, 6.45) is 4.75. The highest BCUT2D eigenvalue weighted by atomic mass is 16.5. The molecule has 152 valence electrons. The highest BCUT2D eigenvalue weighted by molar-refractivity contribution is 6.01. The van der Waals surface area contributed by atoms with E-state index in [0.29, 0.717) is 34.9 Å². The van der Waals surface area contributed by atoms with Crippen molar-refractivity contribution in [2.75, 3.05) is 32.7 Å². The molecule has 0 aliphatic carbocycles. The number of aromatic nitrogens is 2. The zero-order valence-electron chi connectivity index (χ0n) is 17.3. The Morgan fingerprint density at radius 3 is 2.77 bits per heavy atom. The minimum Gasteiger partial charge on any atom is -0.494 e. The lowest BCUT2D eigenvalue weighted by Gasteiger charge is -2.16. The molecule has 0 unspecified atom stereocenters. The van der Waals surface area contributed by atoms with Crippen LogP contribution in [0.5, 0.6) is 5.75 Å². The minimum atomic E-state index is -0.440. The van der Waals surface area contributed by atoms with E-state index in [-0.39, 0.29) is 0 Å². The lowest BCUT2D eigenvalue weighted by atomic mass is 9.96. The predicted octanol–water partition coefficient (Wildman–Crippen LogP) is 3.82. The van der Waals surface area contributed by atoms with Crippen LogP contribution in [0.4, 0.5) is 5.95 Å².